The van der Waals surface area contributed by atoms with Gasteiger partial charge >= 0.3 is 5.69 Å². The summed E-state index contributed by atoms with van der Waals surface area (Å²) in [4.78, 5) is 12.6. The third kappa shape index (κ3) is 1.19. The lowest BCUT2D eigenvalue weighted by molar-refractivity contribution is 0.937. The predicted octanol–water partition coefficient (Wildman–Crippen LogP) is 1.40. The van der Waals surface area contributed by atoms with Gasteiger partial charge in [-0.25, -0.2) is 18.8 Å². The SMILES string of the molecule is O=c1[nH]nc2c3cc(-c4cccs4)nn3ccn12. The molecule has 0 spiro atoms. The van der Waals surface area contributed by atoms with Crippen LogP contribution in [0.1, 0.15) is 0 Å². The van der Waals surface area contributed by atoms with Crippen LogP contribution in [0.2, 0.25) is 0 Å². The highest BCUT2D eigenvalue weighted by Crippen LogP contribution is 2.25. The van der Waals surface area contributed by atoms with E-state index < -0.39 is 0 Å². The largest absolute Gasteiger partial charge is 0.347 e. The molecule has 0 unspecified atom stereocenters. The van der Waals surface area contributed by atoms with E-state index in [1.807, 2.05) is 23.6 Å². The minimum Gasteiger partial charge on any atom is -0.247 e. The molecule has 0 aromatic carbocycles. The second-order valence-electron chi connectivity index (χ2n) is 3.86. The molecule has 0 aliphatic carbocycles. The number of rotatable bonds is 1. The van der Waals surface area contributed by atoms with E-state index in [9.17, 15) is 4.79 Å². The van der Waals surface area contributed by atoms with Gasteiger partial charge in [-0.05, 0) is 17.5 Å². The molecule has 0 atom stereocenters. The van der Waals surface area contributed by atoms with Crippen LogP contribution < -0.4 is 5.69 Å². The number of thiophene rings is 1. The maximum atomic E-state index is 11.5. The molecule has 4 heterocycles. The van der Waals surface area contributed by atoms with Crippen molar-refractivity contribution < 1.29 is 0 Å². The van der Waals surface area contributed by atoms with Crippen molar-refractivity contribution in [2.24, 2.45) is 0 Å². The van der Waals surface area contributed by atoms with Gasteiger partial charge in [0.1, 0.15) is 11.2 Å². The van der Waals surface area contributed by atoms with Crippen LogP contribution in [0.25, 0.3) is 21.7 Å². The molecule has 0 aliphatic heterocycles. The molecule has 4 aromatic rings. The fourth-order valence-corrected chi connectivity index (χ4v) is 2.65. The maximum absolute atomic E-state index is 11.5. The Balaban J connectivity index is 2.11. The molecule has 88 valence electrons. The van der Waals surface area contributed by atoms with Crippen LogP contribution in [0.3, 0.4) is 0 Å². The highest BCUT2D eigenvalue weighted by Gasteiger charge is 2.10. The summed E-state index contributed by atoms with van der Waals surface area (Å²) in [5, 5.41) is 12.9. The number of aromatic amines is 1. The Hall–Kier alpha value is -2.41. The van der Waals surface area contributed by atoms with Crippen molar-refractivity contribution in [1.29, 1.82) is 0 Å². The lowest BCUT2D eigenvalue weighted by Gasteiger charge is -1.93. The van der Waals surface area contributed by atoms with Gasteiger partial charge in [-0.1, -0.05) is 6.07 Å². The van der Waals surface area contributed by atoms with Crippen LogP contribution in [0.5, 0.6) is 0 Å². The molecule has 4 rings (SSSR count). The molecule has 0 saturated carbocycles. The summed E-state index contributed by atoms with van der Waals surface area (Å²) in [6.45, 7) is 0. The average Bonchev–Trinajstić information content (AvgIpc) is 3.05. The zero-order chi connectivity index (χ0) is 12.1. The van der Waals surface area contributed by atoms with Gasteiger partial charge in [0.2, 0.25) is 0 Å². The Morgan fingerprint density at radius 3 is 3.11 bits per heavy atom. The number of nitrogens with zero attached hydrogens (tertiary/aromatic N) is 4. The van der Waals surface area contributed by atoms with E-state index in [0.29, 0.717) is 5.65 Å². The first kappa shape index (κ1) is 9.60. The van der Waals surface area contributed by atoms with Crippen molar-refractivity contribution in [3.05, 3.63) is 46.5 Å². The Bertz CT molecular complexity index is 899. The molecule has 6 nitrogen and oxygen atoms in total. The van der Waals surface area contributed by atoms with Gasteiger partial charge < -0.3 is 0 Å². The molecule has 1 N–H and O–H groups in total. The van der Waals surface area contributed by atoms with E-state index in [4.69, 9.17) is 0 Å². The van der Waals surface area contributed by atoms with Gasteiger partial charge in [0.05, 0.1) is 4.88 Å². The van der Waals surface area contributed by atoms with Gasteiger partial charge in [0.25, 0.3) is 0 Å². The van der Waals surface area contributed by atoms with E-state index in [1.165, 1.54) is 4.40 Å². The van der Waals surface area contributed by atoms with Crippen molar-refractivity contribution in [2.75, 3.05) is 0 Å². The minimum atomic E-state index is -0.244. The number of hydrogen-bond acceptors (Lipinski definition) is 4. The highest BCUT2D eigenvalue weighted by atomic mass is 32.1. The summed E-state index contributed by atoms with van der Waals surface area (Å²) < 4.78 is 3.19. The number of fused-ring (bicyclic) bond motifs is 3. The first-order valence-corrected chi connectivity index (χ1v) is 6.20. The molecule has 7 heteroatoms. The monoisotopic (exact) mass is 257 g/mol. The van der Waals surface area contributed by atoms with Crippen molar-refractivity contribution >= 4 is 22.5 Å². The fourth-order valence-electron chi connectivity index (χ4n) is 1.97. The Labute approximate surface area is 104 Å². The van der Waals surface area contributed by atoms with Gasteiger partial charge in [0, 0.05) is 12.4 Å². The first-order chi connectivity index (χ1) is 8.83. The zero-order valence-corrected chi connectivity index (χ0v) is 9.89. The van der Waals surface area contributed by atoms with E-state index in [-0.39, 0.29) is 5.69 Å². The standard InChI is InChI=1S/C11H7N5OS/c17-11-13-12-10-8-6-7(9-2-1-5-18-9)14-16(8)4-3-15(10)11/h1-6H,(H,13,17). The molecule has 0 saturated heterocycles. The maximum Gasteiger partial charge on any atom is 0.347 e. The molecule has 4 aromatic heterocycles. The topological polar surface area (TPSA) is 67.5 Å². The summed E-state index contributed by atoms with van der Waals surface area (Å²) in [6.07, 6.45) is 3.40. The van der Waals surface area contributed by atoms with Crippen LogP contribution in [0.15, 0.2) is 40.8 Å². The quantitative estimate of drug-likeness (QED) is 0.560. The smallest absolute Gasteiger partial charge is 0.247 e. The minimum absolute atomic E-state index is 0.244. The Kier molecular flexibility index (Phi) is 1.76. The molecule has 0 fully saturated rings. The highest BCUT2D eigenvalue weighted by molar-refractivity contribution is 7.13. The number of nitrogens with one attached hydrogen (secondary N) is 1. The third-order valence-electron chi connectivity index (χ3n) is 2.80. The van der Waals surface area contributed by atoms with Crippen LogP contribution >= 0.6 is 11.3 Å². The normalized spacial score (nSPS) is 11.6. The summed E-state index contributed by atoms with van der Waals surface area (Å²) in [5.74, 6) is 0. The van der Waals surface area contributed by atoms with Crippen molar-refractivity contribution in [3.63, 3.8) is 0 Å². The molecular weight excluding hydrogens is 250 g/mol. The molecular formula is C11H7N5OS. The molecule has 0 bridgehead atoms. The summed E-state index contributed by atoms with van der Waals surface area (Å²) in [7, 11) is 0. The molecule has 0 radical (unpaired) electrons. The first-order valence-electron chi connectivity index (χ1n) is 5.32. The van der Waals surface area contributed by atoms with E-state index >= 15 is 0 Å². The van der Waals surface area contributed by atoms with E-state index in [1.54, 1.807) is 28.2 Å². The Morgan fingerprint density at radius 1 is 1.33 bits per heavy atom. The second-order valence-corrected chi connectivity index (χ2v) is 4.80. The Morgan fingerprint density at radius 2 is 2.28 bits per heavy atom. The third-order valence-corrected chi connectivity index (χ3v) is 3.69. The average molecular weight is 257 g/mol. The van der Waals surface area contributed by atoms with Crippen LogP contribution in [0, 0.1) is 0 Å². The fraction of sp³-hybridized carbons (Fsp3) is 0. The van der Waals surface area contributed by atoms with Gasteiger partial charge in [0.15, 0.2) is 5.65 Å². The summed E-state index contributed by atoms with van der Waals surface area (Å²) in [6, 6.07) is 5.93. The number of H-pyrrole nitrogens is 1. The van der Waals surface area contributed by atoms with Gasteiger partial charge in [-0.15, -0.1) is 11.3 Å². The van der Waals surface area contributed by atoms with Crippen molar-refractivity contribution in [3.8, 4) is 10.6 Å². The lowest BCUT2D eigenvalue weighted by Crippen LogP contribution is -2.09. The molecule has 18 heavy (non-hydrogen) atoms. The van der Waals surface area contributed by atoms with Crippen molar-refractivity contribution in [1.82, 2.24) is 24.2 Å². The molecule has 0 amide bonds. The summed E-state index contributed by atoms with van der Waals surface area (Å²) in [5.41, 5.74) is 2.02. The molecule has 0 aliphatic rings. The van der Waals surface area contributed by atoms with Gasteiger partial charge in [-0.2, -0.15) is 10.2 Å². The lowest BCUT2D eigenvalue weighted by atomic mass is 10.3. The number of aromatic nitrogens is 5. The van der Waals surface area contributed by atoms with Crippen LogP contribution in [-0.4, -0.2) is 24.2 Å². The van der Waals surface area contributed by atoms with Crippen molar-refractivity contribution in [2.45, 2.75) is 0 Å². The summed E-state index contributed by atoms with van der Waals surface area (Å²) >= 11 is 1.63. The van der Waals surface area contributed by atoms with E-state index in [2.05, 4.69) is 15.3 Å². The predicted molar refractivity (Wildman–Crippen MR) is 67.9 cm³/mol. The van der Waals surface area contributed by atoms with Crippen LogP contribution in [-0.2, 0) is 0 Å². The van der Waals surface area contributed by atoms with E-state index in [0.717, 1.165) is 16.1 Å². The number of hydrogen-bond donors (Lipinski definition) is 1. The second kappa shape index (κ2) is 3.30. The zero-order valence-electron chi connectivity index (χ0n) is 9.07. The van der Waals surface area contributed by atoms with Crippen LogP contribution in [0.4, 0.5) is 0 Å². The van der Waals surface area contributed by atoms with Gasteiger partial charge in [-0.3, -0.25) is 0 Å².